The van der Waals surface area contributed by atoms with E-state index < -0.39 is 0 Å². The highest BCUT2D eigenvalue weighted by Gasteiger charge is 2.08. The summed E-state index contributed by atoms with van der Waals surface area (Å²) in [6, 6.07) is 16.2. The van der Waals surface area contributed by atoms with Crippen molar-refractivity contribution < 1.29 is 4.79 Å². The molecule has 0 saturated carbocycles. The normalized spacial score (nSPS) is 10.8. The lowest BCUT2D eigenvalue weighted by atomic mass is 10.1. The Morgan fingerprint density at radius 3 is 2.38 bits per heavy atom. The van der Waals surface area contributed by atoms with Gasteiger partial charge in [-0.2, -0.15) is 0 Å². The first-order chi connectivity index (χ1) is 10.1. The lowest BCUT2D eigenvalue weighted by Gasteiger charge is -2.04. The van der Waals surface area contributed by atoms with Crippen LogP contribution >= 0.6 is 23.2 Å². The van der Waals surface area contributed by atoms with Crippen LogP contribution in [0.3, 0.4) is 0 Å². The number of fused-ring (bicyclic) bond motifs is 1. The van der Waals surface area contributed by atoms with Crippen molar-refractivity contribution in [2.75, 3.05) is 0 Å². The van der Waals surface area contributed by atoms with E-state index in [0.717, 1.165) is 16.6 Å². The second kappa shape index (κ2) is 5.84. The minimum atomic E-state index is 0.0208. The molecule has 0 bridgehead atoms. The van der Waals surface area contributed by atoms with Crippen LogP contribution in [0.4, 0.5) is 0 Å². The molecule has 3 rings (SSSR count). The minimum absolute atomic E-state index is 0.0208. The molecular weight excluding hydrogens is 305 g/mol. The number of ketones is 1. The number of nitrogens with zero attached hydrogens (tertiary/aromatic N) is 1. The zero-order valence-corrected chi connectivity index (χ0v) is 12.5. The summed E-state index contributed by atoms with van der Waals surface area (Å²) in [6.45, 7) is 0. The maximum Gasteiger partial charge on any atom is 0.168 e. The van der Waals surface area contributed by atoms with Gasteiger partial charge in [-0.3, -0.25) is 9.78 Å². The Hall–Kier alpha value is -1.90. The number of hydrogen-bond acceptors (Lipinski definition) is 2. The molecule has 21 heavy (non-hydrogen) atoms. The monoisotopic (exact) mass is 315 g/mol. The number of carbonyl (C=O) groups excluding carboxylic acids is 1. The summed E-state index contributed by atoms with van der Waals surface area (Å²) in [7, 11) is 0. The molecule has 0 saturated heterocycles. The van der Waals surface area contributed by atoms with Crippen molar-refractivity contribution in [1.29, 1.82) is 0 Å². The molecule has 3 aromatic rings. The number of rotatable bonds is 3. The van der Waals surface area contributed by atoms with E-state index in [1.807, 2.05) is 24.3 Å². The van der Waals surface area contributed by atoms with E-state index in [1.165, 1.54) is 0 Å². The summed E-state index contributed by atoms with van der Waals surface area (Å²) in [5, 5.41) is 2.26. The average Bonchev–Trinajstić information content (AvgIpc) is 2.48. The molecule has 0 atom stereocenters. The van der Waals surface area contributed by atoms with Gasteiger partial charge in [0.2, 0.25) is 0 Å². The predicted octanol–water partition coefficient (Wildman–Crippen LogP) is 4.97. The van der Waals surface area contributed by atoms with Gasteiger partial charge in [0.05, 0.1) is 11.9 Å². The third-order valence-electron chi connectivity index (χ3n) is 3.22. The van der Waals surface area contributed by atoms with Gasteiger partial charge in [0, 0.05) is 26.7 Å². The van der Waals surface area contributed by atoms with Crippen LogP contribution in [-0.2, 0) is 6.42 Å². The molecule has 1 heterocycles. The third-order valence-corrected chi connectivity index (χ3v) is 3.70. The molecule has 0 radical (unpaired) electrons. The Morgan fingerprint density at radius 1 is 0.905 bits per heavy atom. The Bertz CT molecular complexity index is 813. The molecule has 0 aliphatic heterocycles. The van der Waals surface area contributed by atoms with Crippen molar-refractivity contribution >= 4 is 39.9 Å². The molecule has 0 fully saturated rings. The van der Waals surface area contributed by atoms with E-state index in [1.54, 1.807) is 30.3 Å². The van der Waals surface area contributed by atoms with Crippen molar-refractivity contribution in [2.45, 2.75) is 6.42 Å². The van der Waals surface area contributed by atoms with Crippen molar-refractivity contribution in [3.8, 4) is 0 Å². The molecule has 0 unspecified atom stereocenters. The molecule has 0 amide bonds. The quantitative estimate of drug-likeness (QED) is 0.639. The Morgan fingerprint density at radius 2 is 1.62 bits per heavy atom. The first kappa shape index (κ1) is 14.1. The predicted molar refractivity (Wildman–Crippen MR) is 86.2 cm³/mol. The standard InChI is InChI=1S/C17H11Cl2NO/c18-13-4-1-11(2-5-13)17(21)10-15-7-3-12-9-14(19)6-8-16(12)20-15/h1-9H,10H2. The van der Waals surface area contributed by atoms with E-state index >= 15 is 0 Å². The van der Waals surface area contributed by atoms with Crippen molar-refractivity contribution in [3.63, 3.8) is 0 Å². The van der Waals surface area contributed by atoms with E-state index in [-0.39, 0.29) is 12.2 Å². The van der Waals surface area contributed by atoms with Gasteiger partial charge in [0.15, 0.2) is 5.78 Å². The Balaban J connectivity index is 1.85. The first-order valence-electron chi connectivity index (χ1n) is 6.46. The highest BCUT2D eigenvalue weighted by Crippen LogP contribution is 2.19. The summed E-state index contributed by atoms with van der Waals surface area (Å²) in [6.07, 6.45) is 0.264. The van der Waals surface area contributed by atoms with Crippen LogP contribution < -0.4 is 0 Å². The van der Waals surface area contributed by atoms with E-state index in [2.05, 4.69) is 4.98 Å². The van der Waals surface area contributed by atoms with Gasteiger partial charge in [0.25, 0.3) is 0 Å². The van der Waals surface area contributed by atoms with Crippen molar-refractivity contribution in [3.05, 3.63) is 75.9 Å². The molecule has 4 heteroatoms. The lowest BCUT2D eigenvalue weighted by Crippen LogP contribution is -2.05. The van der Waals surface area contributed by atoms with Crippen LogP contribution in [0.1, 0.15) is 16.1 Å². The van der Waals surface area contributed by atoms with Gasteiger partial charge in [-0.15, -0.1) is 0 Å². The van der Waals surface area contributed by atoms with Crippen LogP contribution in [0.15, 0.2) is 54.6 Å². The maximum atomic E-state index is 12.2. The summed E-state index contributed by atoms with van der Waals surface area (Å²) in [4.78, 5) is 16.7. The molecule has 0 aliphatic rings. The summed E-state index contributed by atoms with van der Waals surface area (Å²) in [5.41, 5.74) is 2.21. The van der Waals surface area contributed by atoms with Gasteiger partial charge in [-0.1, -0.05) is 29.3 Å². The first-order valence-corrected chi connectivity index (χ1v) is 7.21. The van der Waals surface area contributed by atoms with Gasteiger partial charge < -0.3 is 0 Å². The van der Waals surface area contributed by atoms with Gasteiger partial charge in [0.1, 0.15) is 0 Å². The summed E-state index contributed by atoms with van der Waals surface area (Å²) < 4.78 is 0. The Kier molecular flexibility index (Phi) is 3.91. The molecule has 0 N–H and O–H groups in total. The number of Topliss-reactive ketones (excluding diaryl/α,β-unsaturated/α-hetero) is 1. The third kappa shape index (κ3) is 3.23. The van der Waals surface area contributed by atoms with Crippen LogP contribution in [0, 0.1) is 0 Å². The zero-order chi connectivity index (χ0) is 14.8. The molecular formula is C17H11Cl2NO. The van der Waals surface area contributed by atoms with Gasteiger partial charge in [-0.05, 0) is 48.5 Å². The minimum Gasteiger partial charge on any atom is -0.294 e. The largest absolute Gasteiger partial charge is 0.294 e. The van der Waals surface area contributed by atoms with Crippen LogP contribution in [0.5, 0.6) is 0 Å². The second-order valence-electron chi connectivity index (χ2n) is 4.75. The molecule has 1 aromatic heterocycles. The van der Waals surface area contributed by atoms with Gasteiger partial charge >= 0.3 is 0 Å². The van der Waals surface area contributed by atoms with E-state index in [9.17, 15) is 4.79 Å². The SMILES string of the molecule is O=C(Cc1ccc2cc(Cl)ccc2n1)c1ccc(Cl)cc1. The van der Waals surface area contributed by atoms with Crippen LogP contribution in [-0.4, -0.2) is 10.8 Å². The fourth-order valence-electron chi connectivity index (χ4n) is 2.14. The van der Waals surface area contributed by atoms with Gasteiger partial charge in [-0.25, -0.2) is 0 Å². The number of carbonyl (C=O) groups is 1. The highest BCUT2D eigenvalue weighted by atomic mass is 35.5. The molecule has 2 nitrogen and oxygen atoms in total. The number of hydrogen-bond donors (Lipinski definition) is 0. The molecule has 0 spiro atoms. The topological polar surface area (TPSA) is 30.0 Å². The summed E-state index contributed by atoms with van der Waals surface area (Å²) in [5.74, 6) is 0.0208. The fraction of sp³-hybridized carbons (Fsp3) is 0.0588. The van der Waals surface area contributed by atoms with E-state index in [4.69, 9.17) is 23.2 Å². The number of halogens is 2. The number of benzene rings is 2. The van der Waals surface area contributed by atoms with E-state index in [0.29, 0.717) is 15.6 Å². The average molecular weight is 316 g/mol. The van der Waals surface area contributed by atoms with Crippen LogP contribution in [0.25, 0.3) is 10.9 Å². The van der Waals surface area contributed by atoms with Crippen LogP contribution in [0.2, 0.25) is 10.0 Å². The molecule has 0 aliphatic carbocycles. The highest BCUT2D eigenvalue weighted by molar-refractivity contribution is 6.31. The maximum absolute atomic E-state index is 12.2. The fourth-order valence-corrected chi connectivity index (χ4v) is 2.45. The number of pyridine rings is 1. The Labute approximate surface area is 132 Å². The zero-order valence-electron chi connectivity index (χ0n) is 11.0. The number of aromatic nitrogens is 1. The second-order valence-corrected chi connectivity index (χ2v) is 5.62. The lowest BCUT2D eigenvalue weighted by molar-refractivity contribution is 0.0992. The van der Waals surface area contributed by atoms with Crippen molar-refractivity contribution in [2.24, 2.45) is 0 Å². The smallest absolute Gasteiger partial charge is 0.168 e. The molecule has 2 aromatic carbocycles. The molecule has 104 valence electrons. The summed E-state index contributed by atoms with van der Waals surface area (Å²) >= 11 is 11.8. The van der Waals surface area contributed by atoms with Crippen molar-refractivity contribution in [1.82, 2.24) is 4.98 Å².